The molecule has 0 spiro atoms. The average molecular weight is 288 g/mol. The van der Waals surface area contributed by atoms with E-state index >= 15 is 0 Å². The van der Waals surface area contributed by atoms with Gasteiger partial charge < -0.3 is 0 Å². The summed E-state index contributed by atoms with van der Waals surface area (Å²) in [6.07, 6.45) is -1.16. The van der Waals surface area contributed by atoms with Crippen LogP contribution in [0.25, 0.3) is 10.9 Å². The number of hydrogen-bond donors (Lipinski definition) is 0. The van der Waals surface area contributed by atoms with Gasteiger partial charge in [-0.1, -0.05) is 24.3 Å². The standard InChI is InChI=1S/C16H11F3N2/c17-16(18,19)14-10-11(6-8-20-14)9-13-4-1-3-12-5-2-7-21-15(12)13/h1-8,10H,9H2. The second-order valence-corrected chi connectivity index (χ2v) is 4.72. The third kappa shape index (κ3) is 2.86. The van der Waals surface area contributed by atoms with Gasteiger partial charge in [-0.15, -0.1) is 0 Å². The zero-order valence-electron chi connectivity index (χ0n) is 10.9. The highest BCUT2D eigenvalue weighted by atomic mass is 19.4. The Hall–Kier alpha value is -2.43. The molecule has 0 fully saturated rings. The van der Waals surface area contributed by atoms with Crippen LogP contribution >= 0.6 is 0 Å². The van der Waals surface area contributed by atoms with E-state index in [0.717, 1.165) is 22.5 Å². The van der Waals surface area contributed by atoms with Crippen molar-refractivity contribution in [1.29, 1.82) is 0 Å². The first-order chi connectivity index (χ1) is 10.0. The lowest BCUT2D eigenvalue weighted by Crippen LogP contribution is -2.08. The summed E-state index contributed by atoms with van der Waals surface area (Å²) in [5.74, 6) is 0. The number of rotatable bonds is 2. The lowest BCUT2D eigenvalue weighted by Gasteiger charge is -2.09. The number of benzene rings is 1. The number of nitrogens with zero attached hydrogens (tertiary/aromatic N) is 2. The van der Waals surface area contributed by atoms with E-state index in [1.807, 2.05) is 30.3 Å². The summed E-state index contributed by atoms with van der Waals surface area (Å²) in [5.41, 5.74) is 1.40. The van der Waals surface area contributed by atoms with Crippen LogP contribution in [-0.2, 0) is 12.6 Å². The van der Waals surface area contributed by atoms with Gasteiger partial charge in [-0.3, -0.25) is 9.97 Å². The molecule has 0 aliphatic rings. The molecule has 21 heavy (non-hydrogen) atoms. The fourth-order valence-electron chi connectivity index (χ4n) is 2.27. The molecule has 0 N–H and O–H groups in total. The van der Waals surface area contributed by atoms with E-state index in [-0.39, 0.29) is 0 Å². The van der Waals surface area contributed by atoms with Gasteiger partial charge in [0.1, 0.15) is 5.69 Å². The first kappa shape index (κ1) is 13.5. The summed E-state index contributed by atoms with van der Waals surface area (Å²) in [6, 6.07) is 12.1. The van der Waals surface area contributed by atoms with E-state index < -0.39 is 11.9 Å². The van der Waals surface area contributed by atoms with Crippen molar-refractivity contribution in [3.8, 4) is 0 Å². The molecule has 5 heteroatoms. The molecule has 2 nitrogen and oxygen atoms in total. The van der Waals surface area contributed by atoms with Crippen molar-refractivity contribution in [2.45, 2.75) is 12.6 Å². The van der Waals surface area contributed by atoms with Gasteiger partial charge in [-0.2, -0.15) is 13.2 Å². The van der Waals surface area contributed by atoms with E-state index in [9.17, 15) is 13.2 Å². The fourth-order valence-corrected chi connectivity index (χ4v) is 2.27. The van der Waals surface area contributed by atoms with Crippen LogP contribution in [-0.4, -0.2) is 9.97 Å². The highest BCUT2D eigenvalue weighted by Gasteiger charge is 2.32. The van der Waals surface area contributed by atoms with E-state index in [0.29, 0.717) is 12.0 Å². The summed E-state index contributed by atoms with van der Waals surface area (Å²) < 4.78 is 38.1. The molecule has 2 heterocycles. The molecule has 0 radical (unpaired) electrons. The van der Waals surface area contributed by atoms with Crippen molar-refractivity contribution in [1.82, 2.24) is 9.97 Å². The van der Waals surface area contributed by atoms with Gasteiger partial charge in [0.15, 0.2) is 0 Å². The van der Waals surface area contributed by atoms with Crippen LogP contribution in [0.15, 0.2) is 54.9 Å². The second kappa shape index (κ2) is 5.16. The quantitative estimate of drug-likeness (QED) is 0.705. The van der Waals surface area contributed by atoms with Gasteiger partial charge >= 0.3 is 6.18 Å². The maximum Gasteiger partial charge on any atom is 0.433 e. The van der Waals surface area contributed by atoms with Crippen molar-refractivity contribution in [3.63, 3.8) is 0 Å². The molecule has 3 aromatic rings. The Balaban J connectivity index is 1.99. The van der Waals surface area contributed by atoms with Crippen LogP contribution in [0.3, 0.4) is 0 Å². The Bertz CT molecular complexity index is 776. The number of hydrogen-bond acceptors (Lipinski definition) is 2. The minimum Gasteiger partial charge on any atom is -0.256 e. The predicted molar refractivity (Wildman–Crippen MR) is 73.8 cm³/mol. The molecule has 0 unspecified atom stereocenters. The van der Waals surface area contributed by atoms with Crippen molar-refractivity contribution >= 4 is 10.9 Å². The second-order valence-electron chi connectivity index (χ2n) is 4.72. The zero-order valence-corrected chi connectivity index (χ0v) is 10.9. The maximum absolute atomic E-state index is 12.7. The molecule has 3 rings (SSSR count). The van der Waals surface area contributed by atoms with Crippen LogP contribution in [0.1, 0.15) is 16.8 Å². The minimum absolute atomic E-state index is 0.389. The molecule has 106 valence electrons. The van der Waals surface area contributed by atoms with Gasteiger partial charge in [-0.25, -0.2) is 0 Å². The van der Waals surface area contributed by atoms with Gasteiger partial charge in [0.05, 0.1) is 5.52 Å². The monoisotopic (exact) mass is 288 g/mol. The molecule has 0 amide bonds. The number of fused-ring (bicyclic) bond motifs is 1. The largest absolute Gasteiger partial charge is 0.433 e. The SMILES string of the molecule is FC(F)(F)c1cc(Cc2cccc3cccnc23)ccn1. The number of pyridine rings is 2. The van der Waals surface area contributed by atoms with Crippen LogP contribution < -0.4 is 0 Å². The summed E-state index contributed by atoms with van der Waals surface area (Å²) >= 11 is 0. The van der Waals surface area contributed by atoms with Gasteiger partial charge in [-0.05, 0) is 35.7 Å². The highest BCUT2D eigenvalue weighted by molar-refractivity contribution is 5.81. The van der Waals surface area contributed by atoms with Crippen LogP contribution in [0.4, 0.5) is 13.2 Å². The van der Waals surface area contributed by atoms with Gasteiger partial charge in [0, 0.05) is 17.8 Å². The van der Waals surface area contributed by atoms with Gasteiger partial charge in [0.2, 0.25) is 0 Å². The summed E-state index contributed by atoms with van der Waals surface area (Å²) in [4.78, 5) is 7.68. The van der Waals surface area contributed by atoms with E-state index in [4.69, 9.17) is 0 Å². The molecule has 0 saturated heterocycles. The van der Waals surface area contributed by atoms with Crippen LogP contribution in [0.2, 0.25) is 0 Å². The lowest BCUT2D eigenvalue weighted by atomic mass is 10.0. The van der Waals surface area contributed by atoms with Crippen molar-refractivity contribution in [2.75, 3.05) is 0 Å². The Morgan fingerprint density at radius 1 is 0.905 bits per heavy atom. The lowest BCUT2D eigenvalue weighted by molar-refractivity contribution is -0.141. The first-order valence-electron chi connectivity index (χ1n) is 6.39. The molecule has 0 aliphatic carbocycles. The van der Waals surface area contributed by atoms with Crippen molar-refractivity contribution in [2.24, 2.45) is 0 Å². The third-order valence-corrected chi connectivity index (χ3v) is 3.23. The molecule has 1 aromatic carbocycles. The molecule has 0 aliphatic heterocycles. The van der Waals surface area contributed by atoms with E-state index in [1.54, 1.807) is 12.3 Å². The number of halogens is 3. The fraction of sp³-hybridized carbons (Fsp3) is 0.125. The summed E-state index contributed by atoms with van der Waals surface area (Å²) in [7, 11) is 0. The van der Waals surface area contributed by atoms with Crippen LogP contribution in [0.5, 0.6) is 0 Å². The van der Waals surface area contributed by atoms with E-state index in [1.165, 1.54) is 6.20 Å². The molecular formula is C16H11F3N2. The minimum atomic E-state index is -4.42. The Kier molecular flexibility index (Phi) is 3.33. The maximum atomic E-state index is 12.7. The Morgan fingerprint density at radius 2 is 1.71 bits per heavy atom. The topological polar surface area (TPSA) is 25.8 Å². The number of aromatic nitrogens is 2. The van der Waals surface area contributed by atoms with E-state index in [2.05, 4.69) is 9.97 Å². The average Bonchev–Trinajstić information content (AvgIpc) is 2.47. The first-order valence-corrected chi connectivity index (χ1v) is 6.39. The summed E-state index contributed by atoms with van der Waals surface area (Å²) in [6.45, 7) is 0. The normalized spacial score (nSPS) is 11.8. The molecule has 0 bridgehead atoms. The molecule has 0 saturated carbocycles. The van der Waals surface area contributed by atoms with Crippen molar-refractivity contribution < 1.29 is 13.2 Å². The molecule has 2 aromatic heterocycles. The number of alkyl halides is 3. The van der Waals surface area contributed by atoms with Crippen LogP contribution in [0, 0.1) is 0 Å². The van der Waals surface area contributed by atoms with Crippen molar-refractivity contribution in [3.05, 3.63) is 71.7 Å². The Labute approximate surface area is 119 Å². The zero-order chi connectivity index (χ0) is 14.9. The Morgan fingerprint density at radius 3 is 2.52 bits per heavy atom. The predicted octanol–water partition coefficient (Wildman–Crippen LogP) is 4.24. The number of para-hydroxylation sites is 1. The molecular weight excluding hydrogens is 277 g/mol. The van der Waals surface area contributed by atoms with Gasteiger partial charge in [0.25, 0.3) is 0 Å². The third-order valence-electron chi connectivity index (χ3n) is 3.23. The highest BCUT2D eigenvalue weighted by Crippen LogP contribution is 2.28. The summed E-state index contributed by atoms with van der Waals surface area (Å²) in [5, 5.41) is 0.972. The smallest absolute Gasteiger partial charge is 0.256 e. The molecule has 0 atom stereocenters.